The van der Waals surface area contributed by atoms with Crippen LogP contribution in [0.2, 0.25) is 0 Å². The Morgan fingerprint density at radius 3 is 2.59 bits per heavy atom. The predicted molar refractivity (Wildman–Crippen MR) is 72.0 cm³/mol. The molecule has 0 aliphatic rings. The van der Waals surface area contributed by atoms with Crippen molar-refractivity contribution in [2.45, 2.75) is 51.0 Å². The Balaban J connectivity index is 3.66. The standard InChI is InChI=1S/C13H28N2O2/c1-5-12(17-4)11(14-3)9-7-8-10-15-13(16)6-2/h5,11-16H,1,6-10H2,2-4H3. The van der Waals surface area contributed by atoms with Gasteiger partial charge < -0.3 is 15.2 Å². The second-order valence-electron chi connectivity index (χ2n) is 4.21. The molecule has 0 aliphatic carbocycles. The number of unbranched alkanes of at least 4 members (excludes halogenated alkanes) is 1. The van der Waals surface area contributed by atoms with Gasteiger partial charge in [0, 0.05) is 13.2 Å². The molecule has 0 saturated carbocycles. The van der Waals surface area contributed by atoms with Crippen molar-refractivity contribution in [1.82, 2.24) is 10.6 Å². The first-order valence-corrected chi connectivity index (χ1v) is 6.43. The summed E-state index contributed by atoms with van der Waals surface area (Å²) in [7, 11) is 3.65. The number of nitrogens with one attached hydrogen (secondary N) is 2. The zero-order valence-corrected chi connectivity index (χ0v) is 11.4. The third kappa shape index (κ3) is 7.49. The summed E-state index contributed by atoms with van der Waals surface area (Å²) in [5.74, 6) is 0. The van der Waals surface area contributed by atoms with Crippen molar-refractivity contribution >= 4 is 0 Å². The molecule has 0 aromatic rings. The van der Waals surface area contributed by atoms with Gasteiger partial charge in [-0.2, -0.15) is 0 Å². The Morgan fingerprint density at radius 2 is 2.12 bits per heavy atom. The van der Waals surface area contributed by atoms with Crippen LogP contribution >= 0.6 is 0 Å². The minimum atomic E-state index is -0.366. The molecule has 3 atom stereocenters. The van der Waals surface area contributed by atoms with Crippen molar-refractivity contribution in [3.63, 3.8) is 0 Å². The maximum atomic E-state index is 9.32. The monoisotopic (exact) mass is 244 g/mol. The summed E-state index contributed by atoms with van der Waals surface area (Å²) in [4.78, 5) is 0. The van der Waals surface area contributed by atoms with Crippen LogP contribution in [0.25, 0.3) is 0 Å². The summed E-state index contributed by atoms with van der Waals surface area (Å²) in [5.41, 5.74) is 0. The molecule has 0 bridgehead atoms. The van der Waals surface area contributed by atoms with Gasteiger partial charge in [-0.1, -0.05) is 19.4 Å². The van der Waals surface area contributed by atoms with E-state index in [1.807, 2.05) is 20.0 Å². The Bertz CT molecular complexity index is 188. The summed E-state index contributed by atoms with van der Waals surface area (Å²) in [5, 5.41) is 15.6. The molecular weight excluding hydrogens is 216 g/mol. The summed E-state index contributed by atoms with van der Waals surface area (Å²) < 4.78 is 5.33. The van der Waals surface area contributed by atoms with E-state index in [1.54, 1.807) is 7.11 Å². The van der Waals surface area contributed by atoms with Crippen LogP contribution < -0.4 is 10.6 Å². The first-order valence-electron chi connectivity index (χ1n) is 6.43. The molecule has 0 spiro atoms. The number of aliphatic hydroxyl groups is 1. The van der Waals surface area contributed by atoms with Gasteiger partial charge in [-0.3, -0.25) is 5.32 Å². The molecule has 17 heavy (non-hydrogen) atoms. The average Bonchev–Trinajstić information content (AvgIpc) is 2.36. The molecule has 4 nitrogen and oxygen atoms in total. The fourth-order valence-electron chi connectivity index (χ4n) is 1.80. The van der Waals surface area contributed by atoms with Crippen LogP contribution in [0.1, 0.15) is 32.6 Å². The lowest BCUT2D eigenvalue weighted by atomic mass is 10.0. The van der Waals surface area contributed by atoms with Gasteiger partial charge in [0.05, 0.1) is 6.10 Å². The molecule has 3 unspecified atom stereocenters. The Labute approximate surface area is 105 Å². The van der Waals surface area contributed by atoms with Gasteiger partial charge in [-0.05, 0) is 32.9 Å². The van der Waals surface area contributed by atoms with Crippen molar-refractivity contribution in [3.05, 3.63) is 12.7 Å². The van der Waals surface area contributed by atoms with E-state index in [-0.39, 0.29) is 12.3 Å². The van der Waals surface area contributed by atoms with Crippen LogP contribution in [-0.4, -0.2) is 44.2 Å². The lowest BCUT2D eigenvalue weighted by Gasteiger charge is -2.23. The highest BCUT2D eigenvalue weighted by atomic mass is 16.5. The SMILES string of the molecule is C=CC(OC)C(CCCCNC(O)CC)NC. The van der Waals surface area contributed by atoms with Crippen molar-refractivity contribution in [2.75, 3.05) is 20.7 Å². The molecule has 0 saturated heterocycles. The van der Waals surface area contributed by atoms with Crippen LogP contribution in [0.15, 0.2) is 12.7 Å². The second-order valence-corrected chi connectivity index (χ2v) is 4.21. The molecule has 4 heteroatoms. The summed E-state index contributed by atoms with van der Waals surface area (Å²) in [6.07, 6.45) is 5.49. The minimum absolute atomic E-state index is 0.0641. The van der Waals surface area contributed by atoms with Crippen LogP contribution in [0.5, 0.6) is 0 Å². The van der Waals surface area contributed by atoms with Crippen LogP contribution in [-0.2, 0) is 4.74 Å². The van der Waals surface area contributed by atoms with Crippen molar-refractivity contribution in [2.24, 2.45) is 0 Å². The first-order chi connectivity index (χ1) is 8.19. The van der Waals surface area contributed by atoms with E-state index in [0.717, 1.165) is 32.2 Å². The molecule has 0 heterocycles. The number of likely N-dealkylation sites (N-methyl/N-ethyl adjacent to an activating group) is 1. The van der Waals surface area contributed by atoms with E-state index >= 15 is 0 Å². The fourth-order valence-corrected chi connectivity index (χ4v) is 1.80. The number of hydrogen-bond acceptors (Lipinski definition) is 4. The quantitative estimate of drug-likeness (QED) is 0.291. The van der Waals surface area contributed by atoms with E-state index in [4.69, 9.17) is 4.74 Å². The number of hydrogen-bond donors (Lipinski definition) is 3. The molecule has 0 aliphatic heterocycles. The van der Waals surface area contributed by atoms with E-state index < -0.39 is 0 Å². The molecule has 0 fully saturated rings. The largest absolute Gasteiger partial charge is 0.379 e. The third-order valence-corrected chi connectivity index (χ3v) is 2.98. The highest BCUT2D eigenvalue weighted by molar-refractivity contribution is 4.89. The summed E-state index contributed by atoms with van der Waals surface area (Å²) in [6, 6.07) is 0.314. The second kappa shape index (κ2) is 10.7. The van der Waals surface area contributed by atoms with Crippen molar-refractivity contribution in [1.29, 1.82) is 0 Å². The zero-order valence-electron chi connectivity index (χ0n) is 11.4. The molecular formula is C13H28N2O2. The molecule has 0 aromatic heterocycles. The molecule has 0 rings (SSSR count). The van der Waals surface area contributed by atoms with E-state index in [1.165, 1.54) is 0 Å². The van der Waals surface area contributed by atoms with Gasteiger partial charge in [0.25, 0.3) is 0 Å². The predicted octanol–water partition coefficient (Wildman–Crippen LogP) is 1.26. The Morgan fingerprint density at radius 1 is 1.41 bits per heavy atom. The van der Waals surface area contributed by atoms with Crippen LogP contribution in [0.4, 0.5) is 0 Å². The normalized spacial score (nSPS) is 16.5. The Kier molecular flexibility index (Phi) is 10.5. The number of rotatable bonds is 11. The van der Waals surface area contributed by atoms with Gasteiger partial charge in [-0.25, -0.2) is 0 Å². The maximum Gasteiger partial charge on any atom is 0.104 e. The van der Waals surface area contributed by atoms with Crippen molar-refractivity contribution < 1.29 is 9.84 Å². The summed E-state index contributed by atoms with van der Waals surface area (Å²) in [6.45, 7) is 6.59. The van der Waals surface area contributed by atoms with Gasteiger partial charge in [0.2, 0.25) is 0 Å². The average molecular weight is 244 g/mol. The van der Waals surface area contributed by atoms with Gasteiger partial charge in [0.1, 0.15) is 6.23 Å². The van der Waals surface area contributed by atoms with Gasteiger partial charge in [0.15, 0.2) is 0 Å². The molecule has 0 radical (unpaired) electrons. The molecule has 102 valence electrons. The van der Waals surface area contributed by atoms with E-state index in [9.17, 15) is 5.11 Å². The smallest absolute Gasteiger partial charge is 0.104 e. The van der Waals surface area contributed by atoms with Gasteiger partial charge in [-0.15, -0.1) is 6.58 Å². The van der Waals surface area contributed by atoms with E-state index in [0.29, 0.717) is 6.04 Å². The van der Waals surface area contributed by atoms with Crippen LogP contribution in [0.3, 0.4) is 0 Å². The first kappa shape index (κ1) is 16.6. The highest BCUT2D eigenvalue weighted by Crippen LogP contribution is 2.08. The van der Waals surface area contributed by atoms with Crippen molar-refractivity contribution in [3.8, 4) is 0 Å². The zero-order chi connectivity index (χ0) is 13.1. The molecule has 3 N–H and O–H groups in total. The third-order valence-electron chi connectivity index (χ3n) is 2.98. The van der Waals surface area contributed by atoms with Crippen LogP contribution in [0, 0.1) is 0 Å². The maximum absolute atomic E-state index is 9.32. The highest BCUT2D eigenvalue weighted by Gasteiger charge is 2.15. The molecule has 0 aromatic carbocycles. The van der Waals surface area contributed by atoms with E-state index in [2.05, 4.69) is 17.2 Å². The minimum Gasteiger partial charge on any atom is -0.379 e. The number of aliphatic hydroxyl groups excluding tert-OH is 1. The lowest BCUT2D eigenvalue weighted by Crippen LogP contribution is -2.37. The lowest BCUT2D eigenvalue weighted by molar-refractivity contribution is 0.103. The Hall–Kier alpha value is -0.420. The molecule has 0 amide bonds. The summed E-state index contributed by atoms with van der Waals surface area (Å²) >= 11 is 0. The number of ether oxygens (including phenoxy) is 1. The number of methoxy groups -OCH3 is 1. The fraction of sp³-hybridized carbons (Fsp3) is 0.846. The van der Waals surface area contributed by atoms with Gasteiger partial charge >= 0.3 is 0 Å². The topological polar surface area (TPSA) is 53.5 Å².